The van der Waals surface area contributed by atoms with Gasteiger partial charge in [0.15, 0.2) is 11.5 Å². The predicted octanol–water partition coefficient (Wildman–Crippen LogP) is 2.48. The minimum absolute atomic E-state index is 0.627. The highest BCUT2D eigenvalue weighted by Crippen LogP contribution is 2.33. The highest BCUT2D eigenvalue weighted by molar-refractivity contribution is 5.50. The lowest BCUT2D eigenvalue weighted by Crippen LogP contribution is -2.52. The first-order chi connectivity index (χ1) is 15.3. The van der Waals surface area contributed by atoms with Gasteiger partial charge in [0, 0.05) is 57.4 Å². The Balaban J connectivity index is 1.12. The highest BCUT2D eigenvalue weighted by Gasteiger charge is 2.30. The number of nitrogens with zero attached hydrogens (tertiary/aromatic N) is 5. The van der Waals surface area contributed by atoms with Crippen LogP contribution in [0.15, 0.2) is 24.5 Å². The molecule has 3 aliphatic heterocycles. The minimum Gasteiger partial charge on any atom is -0.486 e. The van der Waals surface area contributed by atoms with Gasteiger partial charge in [-0.05, 0) is 37.0 Å². The second-order valence-electron chi connectivity index (χ2n) is 9.17. The fraction of sp³-hybridized carbons (Fsp3) is 0.583. The number of fused-ring (bicyclic) bond motifs is 2. The van der Waals surface area contributed by atoms with Crippen LogP contribution in [0.5, 0.6) is 11.5 Å². The molecule has 1 saturated carbocycles. The number of piperazine rings is 1. The molecule has 4 heterocycles. The fourth-order valence-electron chi connectivity index (χ4n) is 5.29. The summed E-state index contributed by atoms with van der Waals surface area (Å²) in [7, 11) is 0. The summed E-state index contributed by atoms with van der Waals surface area (Å²) in [6, 6.07) is 7.15. The van der Waals surface area contributed by atoms with Gasteiger partial charge in [-0.1, -0.05) is 12.5 Å². The van der Waals surface area contributed by atoms with Crippen LogP contribution in [0.4, 0.5) is 5.82 Å². The first kappa shape index (κ1) is 19.3. The third-order valence-electron chi connectivity index (χ3n) is 7.28. The van der Waals surface area contributed by atoms with Crippen molar-refractivity contribution in [1.29, 1.82) is 0 Å². The maximum atomic E-state index is 5.75. The van der Waals surface area contributed by atoms with E-state index in [0.29, 0.717) is 13.2 Å². The lowest BCUT2D eigenvalue weighted by Gasteiger charge is -2.43. The van der Waals surface area contributed by atoms with E-state index in [2.05, 4.69) is 31.8 Å². The summed E-state index contributed by atoms with van der Waals surface area (Å²) in [5.74, 6) is 2.90. The average Bonchev–Trinajstić information content (AvgIpc) is 2.78. The molecule has 2 fully saturated rings. The molecule has 0 bridgehead atoms. The van der Waals surface area contributed by atoms with Crippen LogP contribution in [-0.2, 0) is 19.5 Å². The zero-order chi connectivity index (χ0) is 20.6. The molecular weight excluding hydrogens is 390 g/mol. The van der Waals surface area contributed by atoms with Crippen molar-refractivity contribution in [2.75, 3.05) is 50.8 Å². The molecule has 164 valence electrons. The van der Waals surface area contributed by atoms with E-state index in [0.717, 1.165) is 56.7 Å². The van der Waals surface area contributed by atoms with Gasteiger partial charge in [-0.25, -0.2) is 9.97 Å². The molecule has 6 rings (SSSR count). The number of anilines is 1. The molecule has 4 aliphatic rings. The largest absolute Gasteiger partial charge is 0.486 e. The summed E-state index contributed by atoms with van der Waals surface area (Å²) in [4.78, 5) is 17.0. The number of aromatic nitrogens is 2. The van der Waals surface area contributed by atoms with Crippen molar-refractivity contribution >= 4 is 5.82 Å². The van der Waals surface area contributed by atoms with Crippen LogP contribution in [0, 0.1) is 0 Å². The normalized spacial score (nSPS) is 22.1. The van der Waals surface area contributed by atoms with E-state index in [9.17, 15) is 0 Å². The van der Waals surface area contributed by atoms with E-state index < -0.39 is 0 Å². The van der Waals surface area contributed by atoms with Crippen molar-refractivity contribution in [1.82, 2.24) is 19.8 Å². The summed E-state index contributed by atoms with van der Waals surface area (Å²) in [6.45, 7) is 8.57. The number of rotatable bonds is 4. The van der Waals surface area contributed by atoms with Gasteiger partial charge in [-0.15, -0.1) is 0 Å². The molecule has 0 unspecified atom stereocenters. The van der Waals surface area contributed by atoms with Crippen molar-refractivity contribution in [2.45, 2.75) is 44.8 Å². The van der Waals surface area contributed by atoms with E-state index in [1.54, 1.807) is 6.33 Å². The number of hydrogen-bond acceptors (Lipinski definition) is 7. The topological polar surface area (TPSA) is 54.0 Å². The predicted molar refractivity (Wildman–Crippen MR) is 119 cm³/mol. The molecule has 0 N–H and O–H groups in total. The molecule has 0 spiro atoms. The van der Waals surface area contributed by atoms with Gasteiger partial charge in [0.25, 0.3) is 0 Å². The third kappa shape index (κ3) is 3.85. The Bertz CT molecular complexity index is 940. The Morgan fingerprint density at radius 1 is 0.935 bits per heavy atom. The van der Waals surface area contributed by atoms with Crippen molar-refractivity contribution in [3.63, 3.8) is 0 Å². The smallest absolute Gasteiger partial charge is 0.161 e. The van der Waals surface area contributed by atoms with Crippen LogP contribution < -0.4 is 14.4 Å². The first-order valence-electron chi connectivity index (χ1n) is 11.8. The van der Waals surface area contributed by atoms with E-state index in [4.69, 9.17) is 14.5 Å². The lowest BCUT2D eigenvalue weighted by molar-refractivity contribution is 0.120. The second-order valence-corrected chi connectivity index (χ2v) is 9.17. The number of hydrogen-bond donors (Lipinski definition) is 0. The monoisotopic (exact) mass is 421 g/mol. The Labute approximate surface area is 184 Å². The van der Waals surface area contributed by atoms with Crippen molar-refractivity contribution < 1.29 is 9.47 Å². The molecular formula is C24H31N5O2. The number of ether oxygens (including phenoxy) is 2. The van der Waals surface area contributed by atoms with Gasteiger partial charge in [-0.2, -0.15) is 0 Å². The van der Waals surface area contributed by atoms with Gasteiger partial charge < -0.3 is 14.4 Å². The van der Waals surface area contributed by atoms with E-state index in [1.807, 2.05) is 6.07 Å². The van der Waals surface area contributed by atoms with Crippen molar-refractivity contribution in [3.05, 3.63) is 41.3 Å². The molecule has 1 aliphatic carbocycles. The third-order valence-corrected chi connectivity index (χ3v) is 7.28. The maximum absolute atomic E-state index is 5.75. The summed E-state index contributed by atoms with van der Waals surface area (Å²) in [5, 5.41) is 0. The Kier molecular flexibility index (Phi) is 5.16. The molecule has 2 aromatic rings. The number of benzene rings is 1. The van der Waals surface area contributed by atoms with Crippen LogP contribution in [-0.4, -0.2) is 71.7 Å². The maximum Gasteiger partial charge on any atom is 0.161 e. The first-order valence-corrected chi connectivity index (χ1v) is 11.8. The van der Waals surface area contributed by atoms with Crippen LogP contribution in [0.2, 0.25) is 0 Å². The summed E-state index contributed by atoms with van der Waals surface area (Å²) < 4.78 is 11.4. The van der Waals surface area contributed by atoms with Gasteiger partial charge in [0.2, 0.25) is 0 Å². The molecule has 1 aromatic carbocycles. The molecule has 31 heavy (non-hydrogen) atoms. The Hall–Kier alpha value is -2.38. The summed E-state index contributed by atoms with van der Waals surface area (Å²) in [6.07, 6.45) is 6.97. The zero-order valence-electron chi connectivity index (χ0n) is 18.1. The SMILES string of the molecule is c1nc2c(c(N3CCN(C4CCC4)CC3)n1)CCN(Cc1ccc3c(c1)OCCO3)C2. The van der Waals surface area contributed by atoms with E-state index in [1.165, 1.54) is 55.0 Å². The summed E-state index contributed by atoms with van der Waals surface area (Å²) >= 11 is 0. The van der Waals surface area contributed by atoms with Crippen LogP contribution in [0.1, 0.15) is 36.1 Å². The van der Waals surface area contributed by atoms with Gasteiger partial charge in [0.05, 0.1) is 5.69 Å². The van der Waals surface area contributed by atoms with Crippen LogP contribution in [0.25, 0.3) is 0 Å². The van der Waals surface area contributed by atoms with Gasteiger partial charge in [-0.3, -0.25) is 9.80 Å². The van der Waals surface area contributed by atoms with Crippen LogP contribution >= 0.6 is 0 Å². The Morgan fingerprint density at radius 2 is 1.77 bits per heavy atom. The quantitative estimate of drug-likeness (QED) is 0.752. The lowest BCUT2D eigenvalue weighted by atomic mass is 9.91. The molecule has 0 radical (unpaired) electrons. The fourth-order valence-corrected chi connectivity index (χ4v) is 5.29. The Morgan fingerprint density at radius 3 is 2.58 bits per heavy atom. The van der Waals surface area contributed by atoms with E-state index in [-0.39, 0.29) is 0 Å². The van der Waals surface area contributed by atoms with Gasteiger partial charge in [0.1, 0.15) is 25.4 Å². The van der Waals surface area contributed by atoms with Crippen molar-refractivity contribution in [2.24, 2.45) is 0 Å². The molecule has 7 heteroatoms. The molecule has 1 saturated heterocycles. The van der Waals surface area contributed by atoms with Gasteiger partial charge >= 0.3 is 0 Å². The molecule has 1 aromatic heterocycles. The van der Waals surface area contributed by atoms with Crippen molar-refractivity contribution in [3.8, 4) is 11.5 Å². The second kappa shape index (κ2) is 8.28. The van der Waals surface area contributed by atoms with Crippen LogP contribution in [0.3, 0.4) is 0 Å². The summed E-state index contributed by atoms with van der Waals surface area (Å²) in [5.41, 5.74) is 3.81. The standard InChI is InChI=1S/C24H31N5O2/c1-2-19(3-1)28-8-10-29(11-9-28)24-20-6-7-27(16-21(20)25-17-26-24)15-18-4-5-22-23(14-18)31-13-12-30-22/h4-5,14,17,19H,1-3,6-13,15-16H2. The molecule has 7 nitrogen and oxygen atoms in total. The average molecular weight is 422 g/mol. The zero-order valence-corrected chi connectivity index (χ0v) is 18.1. The molecule has 0 amide bonds. The molecule has 0 atom stereocenters. The van der Waals surface area contributed by atoms with E-state index >= 15 is 0 Å². The highest BCUT2D eigenvalue weighted by atomic mass is 16.6. The minimum atomic E-state index is 0.627.